The Morgan fingerprint density at radius 1 is 1.33 bits per heavy atom. The number of para-hydroxylation sites is 1. The van der Waals surface area contributed by atoms with Gasteiger partial charge in [0.15, 0.2) is 5.82 Å². The summed E-state index contributed by atoms with van der Waals surface area (Å²) in [6.45, 7) is 3.35. The highest BCUT2D eigenvalue weighted by Gasteiger charge is 2.27. The van der Waals surface area contributed by atoms with Crippen molar-refractivity contribution in [3.63, 3.8) is 0 Å². The number of methoxy groups -OCH3 is 1. The lowest BCUT2D eigenvalue weighted by molar-refractivity contribution is 0.0943. The minimum Gasteiger partial charge on any atom is -0.385 e. The summed E-state index contributed by atoms with van der Waals surface area (Å²) in [4.78, 5) is 22.9. The Balaban J connectivity index is 1.70. The first-order valence-electron chi connectivity index (χ1n) is 8.17. The number of fused-ring (bicyclic) bond motifs is 1. The summed E-state index contributed by atoms with van der Waals surface area (Å²) in [5.74, 6) is 0.559. The molecular formula is C18H22N4O2. The predicted molar refractivity (Wildman–Crippen MR) is 92.6 cm³/mol. The van der Waals surface area contributed by atoms with Crippen LogP contribution in [0.5, 0.6) is 0 Å². The Morgan fingerprint density at radius 3 is 2.92 bits per heavy atom. The van der Waals surface area contributed by atoms with Gasteiger partial charge in [-0.15, -0.1) is 0 Å². The van der Waals surface area contributed by atoms with Gasteiger partial charge < -0.3 is 15.0 Å². The average molecular weight is 326 g/mol. The molecule has 1 aliphatic heterocycles. The quantitative estimate of drug-likeness (QED) is 0.825. The van der Waals surface area contributed by atoms with E-state index in [2.05, 4.69) is 45.3 Å². The van der Waals surface area contributed by atoms with Crippen LogP contribution in [0.25, 0.3) is 0 Å². The van der Waals surface area contributed by atoms with Crippen molar-refractivity contribution in [1.82, 2.24) is 15.3 Å². The number of anilines is 2. The number of hydrogen-bond donors (Lipinski definition) is 1. The van der Waals surface area contributed by atoms with Crippen molar-refractivity contribution in [2.45, 2.75) is 25.8 Å². The van der Waals surface area contributed by atoms with Crippen LogP contribution in [0.3, 0.4) is 0 Å². The van der Waals surface area contributed by atoms with Gasteiger partial charge in [-0.05, 0) is 31.4 Å². The molecule has 2 aromatic rings. The SMILES string of the molecule is COCCCNC(=O)c1cnc(N2c3ccccc3CC2C)cn1. The largest absolute Gasteiger partial charge is 0.385 e. The second-order valence-electron chi connectivity index (χ2n) is 5.91. The van der Waals surface area contributed by atoms with E-state index in [9.17, 15) is 4.79 Å². The Kier molecular flexibility index (Phi) is 5.05. The van der Waals surface area contributed by atoms with Gasteiger partial charge in [-0.2, -0.15) is 0 Å². The predicted octanol–water partition coefficient (Wildman–Crippen LogP) is 2.33. The molecule has 1 N–H and O–H groups in total. The van der Waals surface area contributed by atoms with Crippen molar-refractivity contribution in [2.24, 2.45) is 0 Å². The van der Waals surface area contributed by atoms with Crippen molar-refractivity contribution < 1.29 is 9.53 Å². The molecule has 2 heterocycles. The second-order valence-corrected chi connectivity index (χ2v) is 5.91. The summed E-state index contributed by atoms with van der Waals surface area (Å²) in [5.41, 5.74) is 2.80. The third-order valence-electron chi connectivity index (χ3n) is 4.14. The van der Waals surface area contributed by atoms with E-state index in [1.165, 1.54) is 11.8 Å². The molecule has 1 aliphatic rings. The van der Waals surface area contributed by atoms with E-state index in [0.717, 1.165) is 24.3 Å². The van der Waals surface area contributed by atoms with Crippen molar-refractivity contribution in [1.29, 1.82) is 0 Å². The summed E-state index contributed by atoms with van der Waals surface area (Å²) >= 11 is 0. The molecule has 1 aromatic carbocycles. The molecule has 0 aliphatic carbocycles. The van der Waals surface area contributed by atoms with E-state index in [1.54, 1.807) is 13.3 Å². The van der Waals surface area contributed by atoms with Gasteiger partial charge in [0.25, 0.3) is 5.91 Å². The third kappa shape index (κ3) is 3.38. The van der Waals surface area contributed by atoms with Crippen LogP contribution in [0.4, 0.5) is 11.5 Å². The molecule has 0 radical (unpaired) electrons. The Bertz CT molecular complexity index is 702. The fourth-order valence-electron chi connectivity index (χ4n) is 2.99. The van der Waals surface area contributed by atoms with E-state index in [1.807, 2.05) is 6.07 Å². The minimum absolute atomic E-state index is 0.208. The first kappa shape index (κ1) is 16.4. The van der Waals surface area contributed by atoms with Gasteiger partial charge in [-0.3, -0.25) is 4.79 Å². The fourth-order valence-corrected chi connectivity index (χ4v) is 2.99. The molecule has 1 atom stereocenters. The Labute approximate surface area is 141 Å². The van der Waals surface area contributed by atoms with Crippen LogP contribution in [0.1, 0.15) is 29.4 Å². The van der Waals surface area contributed by atoms with E-state index in [4.69, 9.17) is 4.74 Å². The lowest BCUT2D eigenvalue weighted by Gasteiger charge is -2.23. The van der Waals surface area contributed by atoms with Crippen molar-refractivity contribution in [3.8, 4) is 0 Å². The lowest BCUT2D eigenvalue weighted by atomic mass is 10.1. The number of rotatable bonds is 6. The smallest absolute Gasteiger partial charge is 0.271 e. The molecule has 126 valence electrons. The van der Waals surface area contributed by atoms with Crippen molar-refractivity contribution in [2.75, 3.05) is 25.2 Å². The topological polar surface area (TPSA) is 67.3 Å². The lowest BCUT2D eigenvalue weighted by Crippen LogP contribution is -2.27. The summed E-state index contributed by atoms with van der Waals surface area (Å²) in [5, 5.41) is 2.81. The molecular weight excluding hydrogens is 304 g/mol. The van der Waals surface area contributed by atoms with E-state index >= 15 is 0 Å². The maximum absolute atomic E-state index is 12.0. The molecule has 0 bridgehead atoms. The normalized spacial score (nSPS) is 16.1. The molecule has 1 amide bonds. The van der Waals surface area contributed by atoms with Crippen LogP contribution in [0, 0.1) is 0 Å². The first-order chi connectivity index (χ1) is 11.7. The van der Waals surface area contributed by atoms with Crippen LogP contribution in [0.2, 0.25) is 0 Å². The number of carbonyl (C=O) groups excluding carboxylic acids is 1. The summed E-state index contributed by atoms with van der Waals surface area (Å²) < 4.78 is 4.96. The van der Waals surface area contributed by atoms with E-state index < -0.39 is 0 Å². The monoisotopic (exact) mass is 326 g/mol. The molecule has 3 rings (SSSR count). The van der Waals surface area contributed by atoms with Gasteiger partial charge >= 0.3 is 0 Å². The van der Waals surface area contributed by atoms with Gasteiger partial charge in [0.1, 0.15) is 5.69 Å². The number of amides is 1. The zero-order valence-corrected chi connectivity index (χ0v) is 14.0. The van der Waals surface area contributed by atoms with Gasteiger partial charge in [-0.1, -0.05) is 18.2 Å². The zero-order valence-electron chi connectivity index (χ0n) is 14.0. The summed E-state index contributed by atoms with van der Waals surface area (Å²) in [6.07, 6.45) is 4.97. The average Bonchev–Trinajstić information content (AvgIpc) is 2.94. The standard InChI is InChI=1S/C18H22N4O2/c1-13-10-14-6-3-4-7-16(14)22(13)17-12-20-15(11-21-17)18(23)19-8-5-9-24-2/h3-4,6-7,11-13H,5,8-10H2,1-2H3,(H,19,23). The Morgan fingerprint density at radius 2 is 2.17 bits per heavy atom. The van der Waals surface area contributed by atoms with Gasteiger partial charge in [0.05, 0.1) is 12.4 Å². The highest BCUT2D eigenvalue weighted by molar-refractivity contribution is 5.92. The molecule has 0 saturated carbocycles. The van der Waals surface area contributed by atoms with Gasteiger partial charge in [0, 0.05) is 32.0 Å². The first-order valence-corrected chi connectivity index (χ1v) is 8.17. The van der Waals surface area contributed by atoms with E-state index in [-0.39, 0.29) is 5.91 Å². The van der Waals surface area contributed by atoms with Crippen LogP contribution in [-0.4, -0.2) is 42.2 Å². The molecule has 1 aromatic heterocycles. The van der Waals surface area contributed by atoms with Crippen molar-refractivity contribution in [3.05, 3.63) is 47.9 Å². The zero-order chi connectivity index (χ0) is 16.9. The highest BCUT2D eigenvalue weighted by Crippen LogP contribution is 2.36. The molecule has 6 heteroatoms. The van der Waals surface area contributed by atoms with Crippen molar-refractivity contribution >= 4 is 17.4 Å². The van der Waals surface area contributed by atoms with Crippen LogP contribution >= 0.6 is 0 Å². The maximum Gasteiger partial charge on any atom is 0.271 e. The molecule has 0 saturated heterocycles. The van der Waals surface area contributed by atoms with Gasteiger partial charge in [0.2, 0.25) is 0 Å². The minimum atomic E-state index is -0.208. The number of aromatic nitrogens is 2. The summed E-state index contributed by atoms with van der Waals surface area (Å²) in [7, 11) is 1.64. The third-order valence-corrected chi connectivity index (χ3v) is 4.14. The molecule has 0 spiro atoms. The molecule has 0 fully saturated rings. The highest BCUT2D eigenvalue weighted by atomic mass is 16.5. The van der Waals surface area contributed by atoms with E-state index in [0.29, 0.717) is 24.9 Å². The van der Waals surface area contributed by atoms with Crippen LogP contribution in [0.15, 0.2) is 36.7 Å². The number of benzene rings is 1. The Hall–Kier alpha value is -2.47. The maximum atomic E-state index is 12.0. The molecule has 24 heavy (non-hydrogen) atoms. The van der Waals surface area contributed by atoms with Crippen LogP contribution in [-0.2, 0) is 11.2 Å². The number of ether oxygens (including phenoxy) is 1. The number of hydrogen-bond acceptors (Lipinski definition) is 5. The second kappa shape index (κ2) is 7.40. The van der Waals surface area contributed by atoms with Gasteiger partial charge in [-0.25, -0.2) is 9.97 Å². The van der Waals surface area contributed by atoms with Crippen LogP contribution < -0.4 is 10.2 Å². The fraction of sp³-hybridized carbons (Fsp3) is 0.389. The summed E-state index contributed by atoms with van der Waals surface area (Å²) in [6, 6.07) is 8.64. The molecule has 1 unspecified atom stereocenters. The molecule has 6 nitrogen and oxygen atoms in total. The number of carbonyl (C=O) groups is 1. The number of nitrogens with zero attached hydrogens (tertiary/aromatic N) is 3. The number of nitrogens with one attached hydrogen (secondary N) is 1.